The van der Waals surface area contributed by atoms with Gasteiger partial charge in [-0.3, -0.25) is 0 Å². The second-order valence-corrected chi connectivity index (χ2v) is 4.15. The third-order valence-corrected chi connectivity index (χ3v) is 2.79. The SMILES string of the molecule is CCC/C=C/Cc1ccc2ccccc2c1. The van der Waals surface area contributed by atoms with Crippen molar-refractivity contribution < 1.29 is 0 Å². The third kappa shape index (κ3) is 2.73. The summed E-state index contributed by atoms with van der Waals surface area (Å²) in [6.45, 7) is 2.21. The van der Waals surface area contributed by atoms with Crippen molar-refractivity contribution in [1.29, 1.82) is 0 Å². The summed E-state index contributed by atoms with van der Waals surface area (Å²) in [5, 5.41) is 2.66. The smallest absolute Gasteiger partial charge is 0.00972 e. The molecule has 0 amide bonds. The van der Waals surface area contributed by atoms with E-state index in [1.807, 2.05) is 0 Å². The van der Waals surface area contributed by atoms with E-state index >= 15 is 0 Å². The Morgan fingerprint density at radius 1 is 0.938 bits per heavy atom. The molecule has 0 heteroatoms. The van der Waals surface area contributed by atoms with Crippen molar-refractivity contribution >= 4 is 10.8 Å². The number of hydrogen-bond donors (Lipinski definition) is 0. The van der Waals surface area contributed by atoms with Crippen LogP contribution in [0.5, 0.6) is 0 Å². The first kappa shape index (κ1) is 10.9. The van der Waals surface area contributed by atoms with Crippen LogP contribution >= 0.6 is 0 Å². The van der Waals surface area contributed by atoms with Crippen LogP contribution in [0.3, 0.4) is 0 Å². The quantitative estimate of drug-likeness (QED) is 0.639. The highest BCUT2D eigenvalue weighted by atomic mass is 14.0. The Hall–Kier alpha value is -1.56. The van der Waals surface area contributed by atoms with Gasteiger partial charge < -0.3 is 0 Å². The molecular weight excluding hydrogens is 192 g/mol. The standard InChI is InChI=1S/C16H18/c1-2-3-4-5-8-14-11-12-15-9-6-7-10-16(15)13-14/h4-7,9-13H,2-3,8H2,1H3/b5-4+. The van der Waals surface area contributed by atoms with E-state index in [4.69, 9.17) is 0 Å². The molecule has 0 atom stereocenters. The molecule has 16 heavy (non-hydrogen) atoms. The molecule has 0 aliphatic heterocycles. The van der Waals surface area contributed by atoms with Crippen LogP contribution in [0.2, 0.25) is 0 Å². The van der Waals surface area contributed by atoms with Crippen molar-refractivity contribution in [2.45, 2.75) is 26.2 Å². The van der Waals surface area contributed by atoms with Gasteiger partial charge in [0, 0.05) is 0 Å². The molecule has 0 aromatic heterocycles. The van der Waals surface area contributed by atoms with Crippen LogP contribution in [-0.4, -0.2) is 0 Å². The maximum atomic E-state index is 2.28. The van der Waals surface area contributed by atoms with Gasteiger partial charge in [0.2, 0.25) is 0 Å². The van der Waals surface area contributed by atoms with E-state index in [-0.39, 0.29) is 0 Å². The minimum atomic E-state index is 1.05. The summed E-state index contributed by atoms with van der Waals surface area (Å²) in [5.41, 5.74) is 1.39. The van der Waals surface area contributed by atoms with Crippen molar-refractivity contribution in [3.05, 3.63) is 60.2 Å². The Morgan fingerprint density at radius 3 is 2.56 bits per heavy atom. The fourth-order valence-electron chi connectivity index (χ4n) is 1.87. The summed E-state index contributed by atoms with van der Waals surface area (Å²) < 4.78 is 0. The van der Waals surface area contributed by atoms with Crippen LogP contribution in [0.4, 0.5) is 0 Å². The zero-order valence-corrected chi connectivity index (χ0v) is 9.82. The van der Waals surface area contributed by atoms with E-state index in [9.17, 15) is 0 Å². The molecule has 0 aliphatic carbocycles. The molecule has 0 bridgehead atoms. The number of unbranched alkanes of at least 4 members (excludes halogenated alkanes) is 1. The maximum absolute atomic E-state index is 2.28. The first-order chi connectivity index (χ1) is 7.90. The number of allylic oxidation sites excluding steroid dienone is 2. The van der Waals surface area contributed by atoms with Gasteiger partial charge in [-0.25, -0.2) is 0 Å². The summed E-state index contributed by atoms with van der Waals surface area (Å²) >= 11 is 0. The molecular formula is C16H18. The first-order valence-corrected chi connectivity index (χ1v) is 6.03. The Morgan fingerprint density at radius 2 is 1.75 bits per heavy atom. The summed E-state index contributed by atoms with van der Waals surface area (Å²) in [6.07, 6.45) is 8.01. The van der Waals surface area contributed by atoms with Crippen molar-refractivity contribution in [3.8, 4) is 0 Å². The lowest BCUT2D eigenvalue weighted by Crippen LogP contribution is -1.81. The van der Waals surface area contributed by atoms with Crippen molar-refractivity contribution in [1.82, 2.24) is 0 Å². The van der Waals surface area contributed by atoms with E-state index in [0.29, 0.717) is 0 Å². The minimum absolute atomic E-state index is 1.05. The molecule has 0 spiro atoms. The number of benzene rings is 2. The Balaban J connectivity index is 2.13. The number of hydrogen-bond acceptors (Lipinski definition) is 0. The molecule has 0 heterocycles. The highest BCUT2D eigenvalue weighted by molar-refractivity contribution is 5.83. The molecule has 0 N–H and O–H groups in total. The lowest BCUT2D eigenvalue weighted by atomic mass is 10.0. The fourth-order valence-corrected chi connectivity index (χ4v) is 1.87. The Labute approximate surface area is 97.6 Å². The van der Waals surface area contributed by atoms with Gasteiger partial charge in [-0.1, -0.05) is 68.0 Å². The lowest BCUT2D eigenvalue weighted by Gasteiger charge is -2.00. The normalized spacial score (nSPS) is 11.3. The number of fused-ring (bicyclic) bond motifs is 1. The zero-order valence-electron chi connectivity index (χ0n) is 9.82. The monoisotopic (exact) mass is 210 g/mol. The fraction of sp³-hybridized carbons (Fsp3) is 0.250. The molecule has 2 rings (SSSR count). The van der Waals surface area contributed by atoms with Crippen LogP contribution in [0.15, 0.2) is 54.6 Å². The molecule has 0 fully saturated rings. The van der Waals surface area contributed by atoms with Gasteiger partial charge in [-0.05, 0) is 29.2 Å². The van der Waals surface area contributed by atoms with Gasteiger partial charge >= 0.3 is 0 Å². The van der Waals surface area contributed by atoms with E-state index in [2.05, 4.69) is 61.5 Å². The topological polar surface area (TPSA) is 0 Å². The lowest BCUT2D eigenvalue weighted by molar-refractivity contribution is 0.953. The average molecular weight is 210 g/mol. The molecule has 82 valence electrons. The van der Waals surface area contributed by atoms with Gasteiger partial charge in [-0.15, -0.1) is 0 Å². The molecule has 0 nitrogen and oxygen atoms in total. The summed E-state index contributed by atoms with van der Waals surface area (Å²) in [7, 11) is 0. The molecule has 0 unspecified atom stereocenters. The minimum Gasteiger partial charge on any atom is -0.0882 e. The summed E-state index contributed by atoms with van der Waals surface area (Å²) in [4.78, 5) is 0. The Bertz CT molecular complexity index is 480. The number of rotatable bonds is 4. The van der Waals surface area contributed by atoms with E-state index in [0.717, 1.165) is 6.42 Å². The van der Waals surface area contributed by atoms with Gasteiger partial charge in [-0.2, -0.15) is 0 Å². The van der Waals surface area contributed by atoms with Gasteiger partial charge in [0.1, 0.15) is 0 Å². The molecule has 2 aromatic rings. The van der Waals surface area contributed by atoms with Crippen molar-refractivity contribution in [2.24, 2.45) is 0 Å². The van der Waals surface area contributed by atoms with E-state index in [1.165, 1.54) is 29.2 Å². The highest BCUT2D eigenvalue weighted by Crippen LogP contribution is 2.16. The van der Waals surface area contributed by atoms with Crippen molar-refractivity contribution in [3.63, 3.8) is 0 Å². The largest absolute Gasteiger partial charge is 0.0882 e. The maximum Gasteiger partial charge on any atom is -0.00972 e. The average Bonchev–Trinajstić information content (AvgIpc) is 2.34. The molecule has 0 aliphatic rings. The van der Waals surface area contributed by atoms with Crippen LogP contribution in [-0.2, 0) is 6.42 Å². The predicted octanol–water partition coefficient (Wildman–Crippen LogP) is 4.74. The highest BCUT2D eigenvalue weighted by Gasteiger charge is 1.93. The second kappa shape index (κ2) is 5.50. The van der Waals surface area contributed by atoms with Crippen LogP contribution in [0.1, 0.15) is 25.3 Å². The summed E-state index contributed by atoms with van der Waals surface area (Å²) in [5.74, 6) is 0. The predicted molar refractivity (Wildman–Crippen MR) is 71.7 cm³/mol. The molecule has 0 saturated carbocycles. The van der Waals surface area contributed by atoms with Crippen LogP contribution < -0.4 is 0 Å². The molecule has 2 aromatic carbocycles. The van der Waals surface area contributed by atoms with Crippen LogP contribution in [0.25, 0.3) is 10.8 Å². The first-order valence-electron chi connectivity index (χ1n) is 6.03. The van der Waals surface area contributed by atoms with Crippen molar-refractivity contribution in [2.75, 3.05) is 0 Å². The van der Waals surface area contributed by atoms with E-state index in [1.54, 1.807) is 0 Å². The van der Waals surface area contributed by atoms with Crippen LogP contribution in [0, 0.1) is 0 Å². The van der Waals surface area contributed by atoms with Gasteiger partial charge in [0.25, 0.3) is 0 Å². The van der Waals surface area contributed by atoms with E-state index < -0.39 is 0 Å². The molecule has 0 radical (unpaired) electrons. The van der Waals surface area contributed by atoms with Gasteiger partial charge in [0.15, 0.2) is 0 Å². The summed E-state index contributed by atoms with van der Waals surface area (Å²) in [6, 6.07) is 15.2. The third-order valence-electron chi connectivity index (χ3n) is 2.79. The Kier molecular flexibility index (Phi) is 3.76. The zero-order chi connectivity index (χ0) is 11.2. The second-order valence-electron chi connectivity index (χ2n) is 4.15. The molecule has 0 saturated heterocycles. The van der Waals surface area contributed by atoms with Gasteiger partial charge in [0.05, 0.1) is 0 Å².